The van der Waals surface area contributed by atoms with E-state index in [0.29, 0.717) is 0 Å². The SMILES string of the molecule is Br.CC1=C(C(c2ccccc2)c2ccc(Cl)cc2)N2CCCCN=C2S1. The number of hydrogen-bond acceptors (Lipinski definition) is 3. The van der Waals surface area contributed by atoms with Crippen molar-refractivity contribution in [3.8, 4) is 0 Å². The monoisotopic (exact) mass is 448 g/mol. The lowest BCUT2D eigenvalue weighted by Gasteiger charge is -2.28. The van der Waals surface area contributed by atoms with Crippen molar-refractivity contribution in [3.63, 3.8) is 0 Å². The number of amidine groups is 1. The van der Waals surface area contributed by atoms with Gasteiger partial charge < -0.3 is 4.90 Å². The summed E-state index contributed by atoms with van der Waals surface area (Å²) in [5.41, 5.74) is 3.96. The molecule has 26 heavy (non-hydrogen) atoms. The molecule has 0 bridgehead atoms. The summed E-state index contributed by atoms with van der Waals surface area (Å²) >= 11 is 7.96. The second kappa shape index (κ2) is 8.64. The van der Waals surface area contributed by atoms with Gasteiger partial charge in [0.05, 0.1) is 5.92 Å². The molecule has 1 unspecified atom stereocenters. The van der Waals surface area contributed by atoms with Crippen LogP contribution in [0.3, 0.4) is 0 Å². The third kappa shape index (κ3) is 3.88. The van der Waals surface area contributed by atoms with Crippen LogP contribution in [-0.4, -0.2) is 23.2 Å². The van der Waals surface area contributed by atoms with E-state index in [-0.39, 0.29) is 22.9 Å². The standard InChI is InChI=1S/C21H21ClN2S.BrH/c1-15-20(24-14-6-5-13-23-21(24)25-15)19(16-7-3-2-4-8-16)17-9-11-18(22)12-10-17;/h2-4,7-12,19H,5-6,13-14H2,1H3;1H. The number of nitrogens with zero attached hydrogens (tertiary/aromatic N) is 2. The van der Waals surface area contributed by atoms with Crippen LogP contribution in [0.25, 0.3) is 0 Å². The Kier molecular flexibility index (Phi) is 6.49. The maximum atomic E-state index is 6.14. The lowest BCUT2D eigenvalue weighted by molar-refractivity contribution is 0.485. The van der Waals surface area contributed by atoms with Gasteiger partial charge in [-0.2, -0.15) is 0 Å². The van der Waals surface area contributed by atoms with Crippen LogP contribution in [0.2, 0.25) is 5.02 Å². The topological polar surface area (TPSA) is 15.6 Å². The summed E-state index contributed by atoms with van der Waals surface area (Å²) in [4.78, 5) is 8.61. The predicted molar refractivity (Wildman–Crippen MR) is 119 cm³/mol. The van der Waals surface area contributed by atoms with Crippen LogP contribution in [0.15, 0.2) is 70.2 Å². The van der Waals surface area contributed by atoms with Gasteiger partial charge in [-0.25, -0.2) is 0 Å². The van der Waals surface area contributed by atoms with E-state index in [0.717, 1.165) is 18.1 Å². The van der Waals surface area contributed by atoms with Gasteiger partial charge >= 0.3 is 0 Å². The normalized spacial score (nSPS) is 17.9. The van der Waals surface area contributed by atoms with Crippen LogP contribution in [0.1, 0.15) is 36.8 Å². The van der Waals surface area contributed by atoms with E-state index >= 15 is 0 Å². The van der Waals surface area contributed by atoms with E-state index in [1.54, 1.807) is 0 Å². The average molecular weight is 450 g/mol. The number of aliphatic imine (C=N–C) groups is 1. The van der Waals surface area contributed by atoms with Crippen LogP contribution in [-0.2, 0) is 0 Å². The number of allylic oxidation sites excluding steroid dienone is 2. The molecule has 2 aromatic rings. The minimum Gasteiger partial charge on any atom is -0.323 e. The summed E-state index contributed by atoms with van der Waals surface area (Å²) in [7, 11) is 0. The van der Waals surface area contributed by atoms with Gasteiger partial charge in [-0.1, -0.05) is 65.8 Å². The Labute approximate surface area is 175 Å². The fourth-order valence-corrected chi connectivity index (χ4v) is 4.78. The Morgan fingerprint density at radius 1 is 1.00 bits per heavy atom. The first-order valence-electron chi connectivity index (χ1n) is 8.75. The second-order valence-corrected chi connectivity index (χ2v) is 8.08. The molecule has 2 heterocycles. The van der Waals surface area contributed by atoms with Crippen molar-refractivity contribution in [2.45, 2.75) is 25.7 Å². The summed E-state index contributed by atoms with van der Waals surface area (Å²) in [6.45, 7) is 4.22. The Morgan fingerprint density at radius 2 is 1.69 bits per heavy atom. The molecule has 0 fully saturated rings. The molecule has 136 valence electrons. The van der Waals surface area contributed by atoms with Crippen LogP contribution >= 0.6 is 40.3 Å². The van der Waals surface area contributed by atoms with Gasteiger partial charge in [0.1, 0.15) is 0 Å². The van der Waals surface area contributed by atoms with Crippen molar-refractivity contribution >= 4 is 45.5 Å². The van der Waals surface area contributed by atoms with Crippen LogP contribution in [0.4, 0.5) is 0 Å². The molecule has 2 nitrogen and oxygen atoms in total. The lowest BCUT2D eigenvalue weighted by Crippen LogP contribution is -2.28. The van der Waals surface area contributed by atoms with Crippen molar-refractivity contribution in [3.05, 3.63) is 81.3 Å². The zero-order valence-electron chi connectivity index (χ0n) is 14.7. The van der Waals surface area contributed by atoms with Gasteiger partial charge in [0.25, 0.3) is 0 Å². The average Bonchev–Trinajstić information content (AvgIpc) is 2.80. The Morgan fingerprint density at radius 3 is 2.42 bits per heavy atom. The van der Waals surface area contributed by atoms with Crippen LogP contribution < -0.4 is 0 Å². The van der Waals surface area contributed by atoms with E-state index in [4.69, 9.17) is 16.6 Å². The number of rotatable bonds is 3. The third-order valence-corrected chi connectivity index (χ3v) is 6.07. The Balaban J connectivity index is 0.00000196. The van der Waals surface area contributed by atoms with Crippen LogP contribution in [0, 0.1) is 0 Å². The van der Waals surface area contributed by atoms with Gasteiger partial charge in [0.15, 0.2) is 5.17 Å². The highest BCUT2D eigenvalue weighted by Crippen LogP contribution is 2.45. The number of thioether (sulfide) groups is 1. The summed E-state index contributed by atoms with van der Waals surface area (Å²) in [6.07, 6.45) is 2.36. The molecule has 2 aliphatic rings. The van der Waals surface area contributed by atoms with E-state index in [2.05, 4.69) is 54.3 Å². The fraction of sp³-hybridized carbons (Fsp3) is 0.286. The molecule has 0 radical (unpaired) electrons. The highest BCUT2D eigenvalue weighted by Gasteiger charge is 2.34. The van der Waals surface area contributed by atoms with Gasteiger partial charge in [-0.15, -0.1) is 17.0 Å². The highest BCUT2D eigenvalue weighted by atomic mass is 79.9. The first-order valence-corrected chi connectivity index (χ1v) is 9.94. The fourth-order valence-electron chi connectivity index (χ4n) is 3.60. The van der Waals surface area contributed by atoms with Crippen molar-refractivity contribution in [2.24, 2.45) is 4.99 Å². The molecule has 2 aromatic carbocycles. The quantitative estimate of drug-likeness (QED) is 0.533. The van der Waals surface area contributed by atoms with E-state index < -0.39 is 0 Å². The molecule has 2 aliphatic heterocycles. The minimum absolute atomic E-state index is 0. The number of hydrogen-bond donors (Lipinski definition) is 0. The first kappa shape index (κ1) is 19.5. The summed E-state index contributed by atoms with van der Waals surface area (Å²) < 4.78 is 0. The number of halogens is 2. The smallest absolute Gasteiger partial charge is 0.168 e. The molecule has 0 saturated carbocycles. The highest BCUT2D eigenvalue weighted by molar-refractivity contribution is 8.93. The third-order valence-electron chi connectivity index (χ3n) is 4.77. The zero-order chi connectivity index (χ0) is 17.2. The maximum absolute atomic E-state index is 6.14. The summed E-state index contributed by atoms with van der Waals surface area (Å²) in [5, 5.41) is 1.94. The molecule has 0 aliphatic carbocycles. The minimum atomic E-state index is 0. The molecule has 0 N–H and O–H groups in total. The van der Waals surface area contributed by atoms with Crippen molar-refractivity contribution < 1.29 is 0 Å². The molecule has 1 atom stereocenters. The molecule has 4 rings (SSSR count). The largest absolute Gasteiger partial charge is 0.323 e. The van der Waals surface area contributed by atoms with Gasteiger partial charge in [0, 0.05) is 28.7 Å². The molecule has 0 saturated heterocycles. The predicted octanol–water partition coefficient (Wildman–Crippen LogP) is 6.48. The lowest BCUT2D eigenvalue weighted by atomic mass is 9.87. The molecule has 5 heteroatoms. The van der Waals surface area contributed by atoms with Crippen molar-refractivity contribution in [1.29, 1.82) is 0 Å². The molecule has 0 spiro atoms. The van der Waals surface area contributed by atoms with Crippen molar-refractivity contribution in [1.82, 2.24) is 4.90 Å². The van der Waals surface area contributed by atoms with Crippen LogP contribution in [0.5, 0.6) is 0 Å². The maximum Gasteiger partial charge on any atom is 0.168 e. The molecular weight excluding hydrogens is 428 g/mol. The van der Waals surface area contributed by atoms with E-state index in [9.17, 15) is 0 Å². The van der Waals surface area contributed by atoms with E-state index in [1.165, 1.54) is 39.7 Å². The molecular formula is C21H22BrClN2S. The Hall–Kier alpha value is -1.23. The number of fused-ring (bicyclic) bond motifs is 1. The zero-order valence-corrected chi connectivity index (χ0v) is 18.0. The second-order valence-electron chi connectivity index (χ2n) is 6.46. The first-order chi connectivity index (χ1) is 12.2. The van der Waals surface area contributed by atoms with E-state index in [1.807, 2.05) is 23.9 Å². The van der Waals surface area contributed by atoms with Gasteiger partial charge in [-0.3, -0.25) is 4.99 Å². The summed E-state index contributed by atoms with van der Waals surface area (Å²) in [5.74, 6) is 0.205. The van der Waals surface area contributed by atoms with Gasteiger partial charge in [0.2, 0.25) is 0 Å². The molecule has 0 amide bonds. The van der Waals surface area contributed by atoms with Gasteiger partial charge in [-0.05, 0) is 43.0 Å². The number of benzene rings is 2. The Bertz CT molecular complexity index is 818. The summed E-state index contributed by atoms with van der Waals surface area (Å²) in [6, 6.07) is 19.0. The van der Waals surface area contributed by atoms with Crippen molar-refractivity contribution in [2.75, 3.05) is 13.1 Å². The molecule has 0 aromatic heterocycles.